The van der Waals surface area contributed by atoms with E-state index in [0.717, 1.165) is 51.0 Å². The van der Waals surface area contributed by atoms with Gasteiger partial charge >= 0.3 is 0 Å². The summed E-state index contributed by atoms with van der Waals surface area (Å²) in [6.07, 6.45) is 9.00. The quantitative estimate of drug-likeness (QED) is 0.163. The Morgan fingerprint density at radius 2 is 1.79 bits per heavy atom. The summed E-state index contributed by atoms with van der Waals surface area (Å²) in [5.41, 5.74) is 9.14. The van der Waals surface area contributed by atoms with Gasteiger partial charge in [-0.15, -0.1) is 0 Å². The lowest BCUT2D eigenvalue weighted by Crippen LogP contribution is -2.42. The summed E-state index contributed by atoms with van der Waals surface area (Å²) in [7, 11) is 0. The van der Waals surface area contributed by atoms with Gasteiger partial charge in [0.05, 0.1) is 0 Å². The number of carbonyl (C=O) groups excluding carboxylic acids is 1. The Hall–Kier alpha value is -2.89. The van der Waals surface area contributed by atoms with Crippen LogP contribution in [0, 0.1) is 6.92 Å². The zero-order chi connectivity index (χ0) is 24.2. The van der Waals surface area contributed by atoms with Gasteiger partial charge in [0.25, 0.3) is 5.91 Å². The van der Waals surface area contributed by atoms with Crippen molar-refractivity contribution in [1.29, 1.82) is 0 Å². The third-order valence-corrected chi connectivity index (χ3v) is 6.11. The number of H-pyrrole nitrogens is 1. The molecule has 1 heterocycles. The van der Waals surface area contributed by atoms with Gasteiger partial charge in [-0.3, -0.25) is 10.2 Å². The van der Waals surface area contributed by atoms with Gasteiger partial charge in [0.15, 0.2) is 0 Å². The van der Waals surface area contributed by atoms with Gasteiger partial charge in [0, 0.05) is 42.3 Å². The molecular formula is C29H40N4O. The fraction of sp³-hybridized carbons (Fsp3) is 0.414. The minimum atomic E-state index is -0.0664. The highest BCUT2D eigenvalue weighted by atomic mass is 16.2. The number of aromatic amines is 1. The first kappa shape index (κ1) is 25.7. The molecule has 0 spiro atoms. The first-order valence-electron chi connectivity index (χ1n) is 12.7. The molecule has 0 unspecified atom stereocenters. The number of rotatable bonds is 14. The van der Waals surface area contributed by atoms with Crippen LogP contribution in [0.4, 0.5) is 0 Å². The summed E-state index contributed by atoms with van der Waals surface area (Å²) >= 11 is 0. The largest absolute Gasteiger partial charge is 0.358 e. The highest BCUT2D eigenvalue weighted by molar-refractivity contribution is 5.91. The Morgan fingerprint density at radius 1 is 1.00 bits per heavy atom. The molecule has 0 aliphatic heterocycles. The third-order valence-electron chi connectivity index (χ3n) is 6.11. The van der Waals surface area contributed by atoms with Crippen LogP contribution in [-0.2, 0) is 17.8 Å². The number of aryl methyl sites for hydroxylation is 1. The predicted octanol–water partition coefficient (Wildman–Crippen LogP) is 5.76. The molecule has 0 fully saturated rings. The number of hydrogen-bond donors (Lipinski definition) is 3. The number of fused-ring (bicyclic) bond motifs is 1. The molecule has 0 atom stereocenters. The van der Waals surface area contributed by atoms with Crippen molar-refractivity contribution >= 4 is 22.9 Å². The van der Waals surface area contributed by atoms with Gasteiger partial charge in [0.1, 0.15) is 0 Å². The summed E-state index contributed by atoms with van der Waals surface area (Å²) in [4.78, 5) is 15.8. The second kappa shape index (κ2) is 13.7. The number of amides is 1. The summed E-state index contributed by atoms with van der Waals surface area (Å²) in [6, 6.07) is 16.9. The van der Waals surface area contributed by atoms with Crippen LogP contribution in [0.3, 0.4) is 0 Å². The number of hydrogen-bond acceptors (Lipinski definition) is 3. The molecule has 0 saturated heterocycles. The molecule has 0 radical (unpaired) electrons. The van der Waals surface area contributed by atoms with Crippen LogP contribution < -0.4 is 10.7 Å². The number of carbonyl (C=O) groups is 1. The fourth-order valence-corrected chi connectivity index (χ4v) is 4.26. The van der Waals surface area contributed by atoms with Crippen molar-refractivity contribution in [2.24, 2.45) is 0 Å². The van der Waals surface area contributed by atoms with Crippen LogP contribution in [0.2, 0.25) is 0 Å². The SMILES string of the molecule is CCCCCN(CCC)NC(=O)/C=C/c1ccc(CNCCc2c(C)[nH]c3ccccc23)cc1. The van der Waals surface area contributed by atoms with Crippen LogP contribution in [0.1, 0.15) is 61.9 Å². The molecule has 34 heavy (non-hydrogen) atoms. The van der Waals surface area contributed by atoms with E-state index in [2.05, 4.69) is 85.0 Å². The normalized spacial score (nSPS) is 11.6. The number of nitrogens with one attached hydrogen (secondary N) is 3. The van der Waals surface area contributed by atoms with E-state index in [9.17, 15) is 4.79 Å². The zero-order valence-corrected chi connectivity index (χ0v) is 21.0. The lowest BCUT2D eigenvalue weighted by atomic mass is 10.1. The van der Waals surface area contributed by atoms with Crippen molar-refractivity contribution < 1.29 is 4.79 Å². The summed E-state index contributed by atoms with van der Waals surface area (Å²) < 4.78 is 0. The lowest BCUT2D eigenvalue weighted by Gasteiger charge is -2.21. The van der Waals surface area contributed by atoms with E-state index in [1.807, 2.05) is 11.1 Å². The molecular weight excluding hydrogens is 420 g/mol. The van der Waals surface area contributed by atoms with E-state index in [-0.39, 0.29) is 5.91 Å². The second-order valence-electron chi connectivity index (χ2n) is 8.95. The molecule has 3 rings (SSSR count). The van der Waals surface area contributed by atoms with Crippen molar-refractivity contribution in [1.82, 2.24) is 20.7 Å². The molecule has 1 aromatic heterocycles. The maximum Gasteiger partial charge on any atom is 0.258 e. The molecule has 3 aromatic rings. The average molecular weight is 461 g/mol. The van der Waals surface area contributed by atoms with Crippen molar-refractivity contribution in [3.8, 4) is 0 Å². The summed E-state index contributed by atoms with van der Waals surface area (Å²) in [5.74, 6) is -0.0664. The Labute approximate surface area is 204 Å². The van der Waals surface area contributed by atoms with Gasteiger partial charge in [-0.1, -0.05) is 69.2 Å². The molecule has 0 aliphatic carbocycles. The lowest BCUT2D eigenvalue weighted by molar-refractivity contribution is -0.121. The van der Waals surface area contributed by atoms with E-state index in [1.165, 1.54) is 40.6 Å². The monoisotopic (exact) mass is 460 g/mol. The Bertz CT molecular complexity index is 1050. The van der Waals surface area contributed by atoms with Crippen molar-refractivity contribution in [2.75, 3.05) is 19.6 Å². The third kappa shape index (κ3) is 7.86. The molecule has 5 heteroatoms. The zero-order valence-electron chi connectivity index (χ0n) is 21.0. The van der Waals surface area contributed by atoms with Crippen LogP contribution in [-0.4, -0.2) is 35.5 Å². The Balaban J connectivity index is 1.43. The molecule has 0 aliphatic rings. The first-order valence-corrected chi connectivity index (χ1v) is 12.7. The van der Waals surface area contributed by atoms with Gasteiger partial charge in [-0.05, 0) is 61.6 Å². The molecule has 182 valence electrons. The smallest absolute Gasteiger partial charge is 0.258 e. The van der Waals surface area contributed by atoms with E-state index >= 15 is 0 Å². The molecule has 3 N–H and O–H groups in total. The Morgan fingerprint density at radius 3 is 2.56 bits per heavy atom. The number of hydrazine groups is 1. The number of aromatic nitrogens is 1. The average Bonchev–Trinajstić information content (AvgIpc) is 3.16. The maximum atomic E-state index is 12.3. The topological polar surface area (TPSA) is 60.2 Å². The van der Waals surface area contributed by atoms with Gasteiger partial charge < -0.3 is 10.3 Å². The predicted molar refractivity (Wildman–Crippen MR) is 143 cm³/mol. The first-order chi connectivity index (χ1) is 16.6. The molecule has 0 bridgehead atoms. The van der Waals surface area contributed by atoms with Crippen LogP contribution in [0.15, 0.2) is 54.6 Å². The number of benzene rings is 2. The Kier molecular flexibility index (Phi) is 10.4. The van der Waals surface area contributed by atoms with Crippen LogP contribution >= 0.6 is 0 Å². The molecule has 5 nitrogen and oxygen atoms in total. The molecule has 0 saturated carbocycles. The van der Waals surface area contributed by atoms with Crippen molar-refractivity contribution in [3.05, 3.63) is 77.0 Å². The maximum absolute atomic E-state index is 12.3. The van der Waals surface area contributed by atoms with Gasteiger partial charge in [0.2, 0.25) is 0 Å². The molecule has 2 aromatic carbocycles. The summed E-state index contributed by atoms with van der Waals surface area (Å²) in [5, 5.41) is 6.91. The number of unbranched alkanes of at least 4 members (excludes halogenated alkanes) is 2. The van der Waals surface area contributed by atoms with Crippen LogP contribution in [0.25, 0.3) is 17.0 Å². The summed E-state index contributed by atoms with van der Waals surface area (Å²) in [6.45, 7) is 10.0. The standard InChI is InChI=1S/C29H40N4O/c1-4-6-9-21-33(20-5-2)32-29(34)17-16-24-12-14-25(15-13-24)22-30-19-18-26-23(3)31-28-11-8-7-10-27(26)28/h7-8,10-17,30-31H,4-6,9,18-22H2,1-3H3,(H,32,34)/b17-16+. The van der Waals surface area contributed by atoms with E-state index in [0.29, 0.717) is 0 Å². The van der Waals surface area contributed by atoms with E-state index in [4.69, 9.17) is 0 Å². The molecule has 1 amide bonds. The highest BCUT2D eigenvalue weighted by Crippen LogP contribution is 2.22. The second-order valence-corrected chi connectivity index (χ2v) is 8.95. The van der Waals surface area contributed by atoms with Gasteiger partial charge in [-0.25, -0.2) is 5.01 Å². The van der Waals surface area contributed by atoms with Crippen molar-refractivity contribution in [3.63, 3.8) is 0 Å². The van der Waals surface area contributed by atoms with E-state index < -0.39 is 0 Å². The number of nitrogens with zero attached hydrogens (tertiary/aromatic N) is 1. The minimum absolute atomic E-state index is 0.0664. The number of para-hydroxylation sites is 1. The highest BCUT2D eigenvalue weighted by Gasteiger charge is 2.07. The fourth-order valence-electron chi connectivity index (χ4n) is 4.26. The van der Waals surface area contributed by atoms with E-state index in [1.54, 1.807) is 6.08 Å². The minimum Gasteiger partial charge on any atom is -0.358 e. The van der Waals surface area contributed by atoms with Crippen LogP contribution in [0.5, 0.6) is 0 Å². The van der Waals surface area contributed by atoms with Gasteiger partial charge in [-0.2, -0.15) is 0 Å². The van der Waals surface area contributed by atoms with Crippen molar-refractivity contribution in [2.45, 2.75) is 59.4 Å².